The summed E-state index contributed by atoms with van der Waals surface area (Å²) in [5, 5.41) is 10.2. The van der Waals surface area contributed by atoms with Crippen molar-refractivity contribution in [2.75, 3.05) is 0 Å². The molecule has 0 spiro atoms. The lowest BCUT2D eigenvalue weighted by atomic mass is 10.1. The van der Waals surface area contributed by atoms with E-state index in [0.29, 0.717) is 11.6 Å². The number of aromatic nitrogens is 2. The van der Waals surface area contributed by atoms with E-state index in [0.717, 1.165) is 11.1 Å². The van der Waals surface area contributed by atoms with Crippen molar-refractivity contribution in [3.63, 3.8) is 0 Å². The molecule has 102 valence electrons. The lowest BCUT2D eigenvalue weighted by Crippen LogP contribution is -1.99. The first-order valence-electron chi connectivity index (χ1n) is 6.23. The van der Waals surface area contributed by atoms with Crippen LogP contribution in [0, 0.1) is 4.84 Å². The van der Waals surface area contributed by atoms with Crippen molar-refractivity contribution in [3.8, 4) is 5.88 Å². The molecule has 0 fully saturated rings. The average molecular weight is 287 g/mol. The van der Waals surface area contributed by atoms with Gasteiger partial charge in [-0.2, -0.15) is 0 Å². The predicted molar refractivity (Wildman–Crippen MR) is 79.8 cm³/mol. The van der Waals surface area contributed by atoms with Gasteiger partial charge in [0.05, 0.1) is 0 Å². The fourth-order valence-electron chi connectivity index (χ4n) is 2.13. The summed E-state index contributed by atoms with van der Waals surface area (Å²) in [6.07, 6.45) is 5.11. The first kappa shape index (κ1) is 12.8. The Hall–Kier alpha value is -2.21. The van der Waals surface area contributed by atoms with Crippen molar-refractivity contribution in [2.45, 2.75) is 19.9 Å². The molecule has 0 aliphatic carbocycles. The molecule has 0 bridgehead atoms. The molecule has 3 rings (SSSR count). The Morgan fingerprint density at radius 2 is 2.25 bits per heavy atom. The fraction of sp³-hybridized carbons (Fsp3) is 0.214. The van der Waals surface area contributed by atoms with Gasteiger partial charge in [0.1, 0.15) is 0 Å². The zero-order chi connectivity index (χ0) is 14.3. The lowest BCUT2D eigenvalue weighted by Gasteiger charge is -2.05. The second-order valence-electron chi connectivity index (χ2n) is 4.75. The van der Waals surface area contributed by atoms with Crippen LogP contribution < -0.4 is 0 Å². The first-order chi connectivity index (χ1) is 9.58. The van der Waals surface area contributed by atoms with E-state index in [2.05, 4.69) is 9.98 Å². The molecule has 0 amide bonds. The number of aliphatic imine (C=N–C) groups is 1. The van der Waals surface area contributed by atoms with Gasteiger partial charge in [-0.05, 0) is 44.3 Å². The van der Waals surface area contributed by atoms with Crippen LogP contribution in [0.2, 0.25) is 0 Å². The van der Waals surface area contributed by atoms with Crippen molar-refractivity contribution in [2.24, 2.45) is 4.99 Å². The summed E-state index contributed by atoms with van der Waals surface area (Å²) in [5.74, 6) is 1.03. The van der Waals surface area contributed by atoms with Crippen LogP contribution in [0.5, 0.6) is 5.88 Å². The minimum Gasteiger partial charge on any atom is -0.492 e. The third-order valence-corrected chi connectivity index (χ3v) is 3.35. The average Bonchev–Trinajstić information content (AvgIpc) is 2.93. The maximum absolute atomic E-state index is 10.2. The van der Waals surface area contributed by atoms with E-state index in [9.17, 15) is 5.11 Å². The van der Waals surface area contributed by atoms with E-state index >= 15 is 0 Å². The molecule has 20 heavy (non-hydrogen) atoms. The fourth-order valence-corrected chi connectivity index (χ4v) is 2.51. The molecule has 2 aromatic heterocycles. The normalized spacial score (nSPS) is 15.2. The summed E-state index contributed by atoms with van der Waals surface area (Å²) in [5.41, 5.74) is 1.74. The molecule has 0 radical (unpaired) electrons. The van der Waals surface area contributed by atoms with Gasteiger partial charge in [0.25, 0.3) is 4.84 Å². The molecular formula is C14H13N3O2S. The van der Waals surface area contributed by atoms with E-state index in [4.69, 9.17) is 16.6 Å². The number of pyridine rings is 1. The van der Waals surface area contributed by atoms with Crippen LogP contribution >= 0.6 is 12.2 Å². The SMILES string of the molecule is CC(C)n1c(O)c(C=C2C=Nc3ncccc32)oc1=S. The Morgan fingerprint density at radius 3 is 2.95 bits per heavy atom. The van der Waals surface area contributed by atoms with Crippen LogP contribution in [0.25, 0.3) is 11.6 Å². The van der Waals surface area contributed by atoms with Crippen molar-refractivity contribution < 1.29 is 9.52 Å². The summed E-state index contributed by atoms with van der Waals surface area (Å²) in [7, 11) is 0. The molecule has 0 unspecified atom stereocenters. The number of aromatic hydroxyl groups is 1. The van der Waals surface area contributed by atoms with Crippen LogP contribution in [0.15, 0.2) is 27.7 Å². The molecule has 0 saturated carbocycles. The summed E-state index contributed by atoms with van der Waals surface area (Å²) < 4.78 is 7.02. The zero-order valence-electron chi connectivity index (χ0n) is 11.1. The molecule has 2 aromatic rings. The number of rotatable bonds is 2. The van der Waals surface area contributed by atoms with Crippen LogP contribution in [-0.2, 0) is 0 Å². The monoisotopic (exact) mass is 287 g/mol. The van der Waals surface area contributed by atoms with Crippen LogP contribution in [0.4, 0.5) is 5.82 Å². The topological polar surface area (TPSA) is 63.5 Å². The highest BCUT2D eigenvalue weighted by Gasteiger charge is 2.18. The molecule has 6 heteroatoms. The van der Waals surface area contributed by atoms with E-state index < -0.39 is 0 Å². The van der Waals surface area contributed by atoms with Crippen molar-refractivity contribution in [3.05, 3.63) is 34.5 Å². The standard InChI is InChI=1S/C14H13N3O2S/c1-8(2)17-13(18)11(19-14(17)20)6-9-7-16-12-10(9)4-3-5-15-12/h3-8,18H,1-2H3. The largest absolute Gasteiger partial charge is 0.492 e. The third-order valence-electron chi connectivity index (χ3n) is 3.07. The molecule has 0 saturated heterocycles. The van der Waals surface area contributed by atoms with Gasteiger partial charge in [-0.25, -0.2) is 9.98 Å². The molecule has 5 nitrogen and oxygen atoms in total. The van der Waals surface area contributed by atoms with Crippen LogP contribution in [0.3, 0.4) is 0 Å². The van der Waals surface area contributed by atoms with Gasteiger partial charge in [-0.3, -0.25) is 4.57 Å². The van der Waals surface area contributed by atoms with Gasteiger partial charge in [0, 0.05) is 29.6 Å². The Balaban J connectivity index is 2.10. The molecule has 0 atom stereocenters. The predicted octanol–water partition coefficient (Wildman–Crippen LogP) is 3.75. The summed E-state index contributed by atoms with van der Waals surface area (Å²) >= 11 is 5.12. The quantitative estimate of drug-likeness (QED) is 0.854. The van der Waals surface area contributed by atoms with Crippen LogP contribution in [0.1, 0.15) is 31.2 Å². The van der Waals surface area contributed by atoms with E-state index in [1.807, 2.05) is 26.0 Å². The second-order valence-corrected chi connectivity index (χ2v) is 5.10. The molecule has 0 aromatic carbocycles. The summed E-state index contributed by atoms with van der Waals surface area (Å²) in [4.78, 5) is 8.63. The Labute approximate surface area is 120 Å². The third kappa shape index (κ3) is 1.98. The summed E-state index contributed by atoms with van der Waals surface area (Å²) in [6.45, 7) is 3.86. The number of oxazole rings is 1. The number of hydrogen-bond donors (Lipinski definition) is 1. The highest BCUT2D eigenvalue weighted by atomic mass is 32.1. The maximum atomic E-state index is 10.2. The Bertz CT molecular complexity index is 784. The van der Waals surface area contributed by atoms with Gasteiger partial charge in [-0.15, -0.1) is 0 Å². The second kappa shape index (κ2) is 4.72. The van der Waals surface area contributed by atoms with E-state index in [-0.39, 0.29) is 16.8 Å². The Morgan fingerprint density at radius 1 is 1.45 bits per heavy atom. The van der Waals surface area contributed by atoms with Gasteiger partial charge in [0.15, 0.2) is 11.6 Å². The smallest absolute Gasteiger partial charge is 0.272 e. The van der Waals surface area contributed by atoms with Gasteiger partial charge in [-0.1, -0.05) is 0 Å². The number of allylic oxidation sites excluding steroid dienone is 1. The zero-order valence-corrected chi connectivity index (χ0v) is 11.9. The molecular weight excluding hydrogens is 274 g/mol. The number of hydrogen-bond acceptors (Lipinski definition) is 5. The minimum absolute atomic E-state index is 0.0308. The molecule has 1 aliphatic rings. The molecule has 1 N–H and O–H groups in total. The number of fused-ring (bicyclic) bond motifs is 1. The Kier molecular flexibility index (Phi) is 3.02. The minimum atomic E-state index is 0.0308. The maximum Gasteiger partial charge on any atom is 0.272 e. The lowest BCUT2D eigenvalue weighted by molar-refractivity contribution is 0.397. The summed E-state index contributed by atoms with van der Waals surface area (Å²) in [6, 6.07) is 3.80. The number of nitrogens with zero attached hydrogens (tertiary/aromatic N) is 3. The van der Waals surface area contributed by atoms with Crippen LogP contribution in [-0.4, -0.2) is 20.9 Å². The van der Waals surface area contributed by atoms with Gasteiger partial charge in [0.2, 0.25) is 5.88 Å². The van der Waals surface area contributed by atoms with Gasteiger partial charge < -0.3 is 9.52 Å². The van der Waals surface area contributed by atoms with E-state index in [1.165, 1.54) is 0 Å². The molecule has 1 aliphatic heterocycles. The molecule has 3 heterocycles. The van der Waals surface area contributed by atoms with Crippen molar-refractivity contribution in [1.82, 2.24) is 9.55 Å². The van der Waals surface area contributed by atoms with E-state index in [1.54, 1.807) is 23.1 Å². The van der Waals surface area contributed by atoms with Gasteiger partial charge >= 0.3 is 0 Å². The highest BCUT2D eigenvalue weighted by Crippen LogP contribution is 2.33. The van der Waals surface area contributed by atoms with Crippen molar-refractivity contribution in [1.29, 1.82) is 0 Å². The first-order valence-corrected chi connectivity index (χ1v) is 6.64. The highest BCUT2D eigenvalue weighted by molar-refractivity contribution is 7.71. The van der Waals surface area contributed by atoms with Crippen molar-refractivity contribution >= 4 is 35.9 Å².